The number of benzene rings is 1. The number of amides is 1. The molecule has 2 aliphatic heterocycles. The van der Waals surface area contributed by atoms with E-state index >= 15 is 0 Å². The van der Waals surface area contributed by atoms with Gasteiger partial charge in [0.15, 0.2) is 5.01 Å². The number of aromatic nitrogens is 1. The van der Waals surface area contributed by atoms with Crippen molar-refractivity contribution < 1.29 is 9.53 Å². The van der Waals surface area contributed by atoms with Gasteiger partial charge >= 0.3 is 0 Å². The fourth-order valence-corrected chi connectivity index (χ4v) is 4.29. The minimum absolute atomic E-state index is 0.0853. The van der Waals surface area contributed by atoms with Crippen molar-refractivity contribution >= 4 is 28.7 Å². The lowest BCUT2D eigenvalue weighted by Crippen LogP contribution is -2.31. The molecule has 5 nitrogen and oxygen atoms in total. The van der Waals surface area contributed by atoms with E-state index < -0.39 is 0 Å². The van der Waals surface area contributed by atoms with Crippen LogP contribution in [0.5, 0.6) is 0 Å². The van der Waals surface area contributed by atoms with Crippen LogP contribution in [0, 0.1) is 0 Å². The molecule has 0 saturated carbocycles. The van der Waals surface area contributed by atoms with E-state index in [1.807, 2.05) is 18.2 Å². The van der Waals surface area contributed by atoms with E-state index in [2.05, 4.69) is 27.3 Å². The zero-order valence-corrected chi connectivity index (χ0v) is 14.3. The summed E-state index contributed by atoms with van der Waals surface area (Å²) in [6.07, 6.45) is 4.34. The molecule has 1 atom stereocenters. The van der Waals surface area contributed by atoms with Gasteiger partial charge in [0.25, 0.3) is 5.91 Å². The fraction of sp³-hybridized carbons (Fsp3) is 0.444. The number of ether oxygens (including phenoxy) is 1. The van der Waals surface area contributed by atoms with Gasteiger partial charge < -0.3 is 15.0 Å². The molecule has 0 radical (unpaired) electrons. The normalized spacial score (nSPS) is 20.0. The first-order valence-electron chi connectivity index (χ1n) is 8.53. The van der Waals surface area contributed by atoms with Crippen molar-refractivity contribution in [2.45, 2.75) is 31.8 Å². The average molecular weight is 343 g/mol. The molecule has 1 amide bonds. The van der Waals surface area contributed by atoms with Crippen LogP contribution in [-0.2, 0) is 11.2 Å². The number of rotatable bonds is 4. The van der Waals surface area contributed by atoms with Crippen LogP contribution >= 0.6 is 11.3 Å². The number of carbonyl (C=O) groups is 1. The van der Waals surface area contributed by atoms with Gasteiger partial charge in [-0.25, -0.2) is 4.98 Å². The Hall–Kier alpha value is -1.92. The van der Waals surface area contributed by atoms with Gasteiger partial charge in [-0.1, -0.05) is 18.2 Å². The molecule has 1 saturated heterocycles. The third-order valence-electron chi connectivity index (χ3n) is 4.49. The van der Waals surface area contributed by atoms with Gasteiger partial charge in [-0.15, -0.1) is 11.3 Å². The zero-order valence-electron chi connectivity index (χ0n) is 13.5. The van der Waals surface area contributed by atoms with Gasteiger partial charge in [-0.3, -0.25) is 4.79 Å². The maximum Gasteiger partial charge on any atom is 0.280 e. The summed E-state index contributed by atoms with van der Waals surface area (Å²) in [5.74, 6) is 0.859. The molecule has 1 fully saturated rings. The molecule has 0 spiro atoms. The standard InChI is InChI=1S/C18H21N3O2S/c22-17(19-12-14-8-5-11-23-14)18-20-16-15(24-18)9-4-10-21(16)13-6-2-1-3-7-13/h1-3,6-7,14H,4-5,8-12H2,(H,19,22). The van der Waals surface area contributed by atoms with Crippen LogP contribution in [0.25, 0.3) is 0 Å². The Morgan fingerprint density at radius 3 is 3.00 bits per heavy atom. The van der Waals surface area contributed by atoms with Crippen LogP contribution in [0.3, 0.4) is 0 Å². The molecule has 1 N–H and O–H groups in total. The molecule has 2 aliphatic rings. The number of hydrogen-bond donors (Lipinski definition) is 1. The van der Waals surface area contributed by atoms with E-state index in [1.54, 1.807) is 0 Å². The summed E-state index contributed by atoms with van der Waals surface area (Å²) in [5.41, 5.74) is 1.13. The quantitative estimate of drug-likeness (QED) is 0.927. The SMILES string of the molecule is O=C(NCC1CCCO1)c1nc2c(s1)CCCN2c1ccccc1. The van der Waals surface area contributed by atoms with E-state index in [0.29, 0.717) is 11.6 Å². The van der Waals surface area contributed by atoms with Crippen molar-refractivity contribution in [3.8, 4) is 0 Å². The van der Waals surface area contributed by atoms with Gasteiger partial charge in [0.05, 0.1) is 6.10 Å². The van der Waals surface area contributed by atoms with Gasteiger partial charge in [-0.05, 0) is 37.8 Å². The third kappa shape index (κ3) is 3.16. The van der Waals surface area contributed by atoms with Crippen LogP contribution in [0.1, 0.15) is 33.9 Å². The predicted molar refractivity (Wildman–Crippen MR) is 95.2 cm³/mol. The monoisotopic (exact) mass is 343 g/mol. The average Bonchev–Trinajstić information content (AvgIpc) is 3.29. The van der Waals surface area contributed by atoms with Gasteiger partial charge in [0, 0.05) is 30.3 Å². The minimum atomic E-state index is -0.0853. The number of nitrogens with one attached hydrogen (secondary N) is 1. The zero-order chi connectivity index (χ0) is 16.4. The van der Waals surface area contributed by atoms with E-state index in [4.69, 9.17) is 4.74 Å². The van der Waals surface area contributed by atoms with Crippen LogP contribution in [0.15, 0.2) is 30.3 Å². The molecule has 1 unspecified atom stereocenters. The van der Waals surface area contributed by atoms with Crippen molar-refractivity contribution in [3.63, 3.8) is 0 Å². The highest BCUT2D eigenvalue weighted by atomic mass is 32.1. The molecule has 2 aromatic rings. The van der Waals surface area contributed by atoms with Gasteiger partial charge in [-0.2, -0.15) is 0 Å². The van der Waals surface area contributed by atoms with E-state index in [9.17, 15) is 4.79 Å². The summed E-state index contributed by atoms with van der Waals surface area (Å²) in [6.45, 7) is 2.32. The maximum atomic E-state index is 12.4. The summed E-state index contributed by atoms with van der Waals surface area (Å²) in [4.78, 5) is 20.5. The molecule has 1 aromatic carbocycles. The Bertz CT molecular complexity index is 710. The molecule has 24 heavy (non-hydrogen) atoms. The first-order chi connectivity index (χ1) is 11.8. The highest BCUT2D eigenvalue weighted by Gasteiger charge is 2.25. The number of nitrogens with zero attached hydrogens (tertiary/aromatic N) is 2. The molecule has 0 bridgehead atoms. The lowest BCUT2D eigenvalue weighted by Gasteiger charge is -2.27. The Kier molecular flexibility index (Phi) is 4.49. The van der Waals surface area contributed by atoms with Crippen LogP contribution < -0.4 is 10.2 Å². The van der Waals surface area contributed by atoms with E-state index in [-0.39, 0.29) is 12.0 Å². The third-order valence-corrected chi connectivity index (χ3v) is 5.60. The Morgan fingerprint density at radius 1 is 1.33 bits per heavy atom. The highest BCUT2D eigenvalue weighted by Crippen LogP contribution is 2.36. The first-order valence-corrected chi connectivity index (χ1v) is 9.35. The summed E-state index contributed by atoms with van der Waals surface area (Å²) in [7, 11) is 0. The van der Waals surface area contributed by atoms with Crippen molar-refractivity contribution in [2.24, 2.45) is 0 Å². The Balaban J connectivity index is 1.50. The topological polar surface area (TPSA) is 54.5 Å². The van der Waals surface area contributed by atoms with Crippen molar-refractivity contribution in [1.29, 1.82) is 0 Å². The van der Waals surface area contributed by atoms with Crippen LogP contribution in [-0.4, -0.2) is 36.7 Å². The minimum Gasteiger partial charge on any atom is -0.376 e. The van der Waals surface area contributed by atoms with Crippen molar-refractivity contribution in [3.05, 3.63) is 40.2 Å². The van der Waals surface area contributed by atoms with Crippen LogP contribution in [0.4, 0.5) is 11.5 Å². The van der Waals surface area contributed by atoms with Crippen molar-refractivity contribution in [1.82, 2.24) is 10.3 Å². The highest BCUT2D eigenvalue weighted by molar-refractivity contribution is 7.14. The first kappa shape index (κ1) is 15.6. The Labute approximate surface area is 145 Å². The lowest BCUT2D eigenvalue weighted by molar-refractivity contribution is 0.0857. The molecule has 3 heterocycles. The number of fused-ring (bicyclic) bond motifs is 1. The maximum absolute atomic E-state index is 12.4. The molecule has 126 valence electrons. The summed E-state index contributed by atoms with van der Waals surface area (Å²) >= 11 is 1.52. The predicted octanol–water partition coefficient (Wildman–Crippen LogP) is 3.14. The Morgan fingerprint density at radius 2 is 2.21 bits per heavy atom. The van der Waals surface area contributed by atoms with Crippen LogP contribution in [0.2, 0.25) is 0 Å². The van der Waals surface area contributed by atoms with E-state index in [1.165, 1.54) is 16.2 Å². The molecular formula is C18H21N3O2S. The molecule has 4 rings (SSSR count). The number of thiazole rings is 1. The number of para-hydroxylation sites is 1. The second kappa shape index (κ2) is 6.91. The summed E-state index contributed by atoms with van der Waals surface area (Å²) in [5, 5.41) is 3.53. The van der Waals surface area contributed by atoms with E-state index in [0.717, 1.165) is 50.3 Å². The summed E-state index contributed by atoms with van der Waals surface area (Å²) < 4.78 is 5.56. The number of aryl methyl sites for hydroxylation is 1. The molecule has 1 aromatic heterocycles. The number of carbonyl (C=O) groups excluding carboxylic acids is 1. The molecular weight excluding hydrogens is 322 g/mol. The largest absolute Gasteiger partial charge is 0.376 e. The van der Waals surface area contributed by atoms with Gasteiger partial charge in [0.2, 0.25) is 0 Å². The smallest absolute Gasteiger partial charge is 0.280 e. The second-order valence-electron chi connectivity index (χ2n) is 6.20. The fourth-order valence-electron chi connectivity index (χ4n) is 3.26. The second-order valence-corrected chi connectivity index (χ2v) is 7.29. The van der Waals surface area contributed by atoms with Crippen molar-refractivity contribution in [2.75, 3.05) is 24.6 Å². The lowest BCUT2D eigenvalue weighted by atomic mass is 10.1. The summed E-state index contributed by atoms with van der Waals surface area (Å²) in [6, 6.07) is 10.3. The molecule has 0 aliphatic carbocycles. The van der Waals surface area contributed by atoms with Gasteiger partial charge in [0.1, 0.15) is 5.82 Å². The number of hydrogen-bond acceptors (Lipinski definition) is 5. The number of anilines is 2. The molecule has 6 heteroatoms.